The van der Waals surface area contributed by atoms with Gasteiger partial charge in [0.1, 0.15) is 0 Å². The van der Waals surface area contributed by atoms with Gasteiger partial charge in [0.2, 0.25) is 5.91 Å². The molecule has 0 atom stereocenters. The second kappa shape index (κ2) is 8.88. The van der Waals surface area contributed by atoms with Crippen LogP contribution in [0.2, 0.25) is 0 Å². The van der Waals surface area contributed by atoms with Crippen molar-refractivity contribution in [1.82, 2.24) is 0 Å². The van der Waals surface area contributed by atoms with Crippen molar-refractivity contribution in [2.75, 3.05) is 0 Å². The van der Waals surface area contributed by atoms with Crippen LogP contribution in [-0.2, 0) is 4.79 Å². The topological polar surface area (TPSA) is 66.9 Å². The third-order valence-electron chi connectivity index (χ3n) is 0. The Balaban J connectivity index is 0. The molecule has 0 saturated heterocycles. The molecule has 0 aromatic rings. The molecule has 0 aromatic carbocycles. The highest BCUT2D eigenvalue weighted by Gasteiger charge is 1.61. The molecule has 0 saturated carbocycles. The number of rotatable bonds is 0. The zero-order valence-electron chi connectivity index (χ0n) is 4.43. The van der Waals surface area contributed by atoms with Gasteiger partial charge in [0.25, 0.3) is 0 Å². The average molecular weight is 100 g/mol. The SMILES string of the molecule is CC#N.CC(N)=O. The first-order valence-electron chi connectivity index (χ1n) is 1.72. The van der Waals surface area contributed by atoms with Crippen molar-refractivity contribution in [3.05, 3.63) is 0 Å². The number of nitrogens with zero attached hydrogens (tertiary/aromatic N) is 1. The molecule has 2 N–H and O–H groups in total. The molecule has 0 aliphatic carbocycles. The normalized spacial score (nSPS) is 4.71. The summed E-state index contributed by atoms with van der Waals surface area (Å²) in [5.41, 5.74) is 4.47. The van der Waals surface area contributed by atoms with Crippen LogP contribution in [0.25, 0.3) is 0 Å². The summed E-state index contributed by atoms with van der Waals surface area (Å²) >= 11 is 0. The molecule has 7 heavy (non-hydrogen) atoms. The molecule has 3 heteroatoms. The largest absolute Gasteiger partial charge is 0.370 e. The number of hydrogen-bond donors (Lipinski definition) is 1. The average Bonchev–Trinajstić information content (AvgIpc) is 1.33. The highest BCUT2D eigenvalue weighted by molar-refractivity contribution is 5.70. The number of nitriles is 1. The molecule has 0 heterocycles. The van der Waals surface area contributed by atoms with Gasteiger partial charge in [-0.1, -0.05) is 0 Å². The first-order valence-corrected chi connectivity index (χ1v) is 1.72. The van der Waals surface area contributed by atoms with Gasteiger partial charge in [-0.3, -0.25) is 4.79 Å². The lowest BCUT2D eigenvalue weighted by Crippen LogP contribution is -2.01. The monoisotopic (exact) mass is 100 g/mol. The molecule has 0 spiro atoms. The Labute approximate surface area is 42.7 Å². The summed E-state index contributed by atoms with van der Waals surface area (Å²) in [6.45, 7) is 2.74. The van der Waals surface area contributed by atoms with Crippen molar-refractivity contribution in [2.24, 2.45) is 5.73 Å². The first-order chi connectivity index (χ1) is 3.15. The van der Waals surface area contributed by atoms with Crippen LogP contribution in [0.15, 0.2) is 0 Å². The zero-order chi connectivity index (χ0) is 6.28. The van der Waals surface area contributed by atoms with Crippen molar-refractivity contribution in [2.45, 2.75) is 13.8 Å². The van der Waals surface area contributed by atoms with E-state index in [1.54, 1.807) is 6.07 Å². The molecule has 0 rings (SSSR count). The third kappa shape index (κ3) is 40.2. The molecular weight excluding hydrogens is 92.1 g/mol. The Bertz CT molecular complexity index is 78.2. The summed E-state index contributed by atoms with van der Waals surface area (Å²) in [5, 5.41) is 7.32. The minimum absolute atomic E-state index is 0.333. The predicted octanol–water partition coefficient (Wildman–Crippen LogP) is 0.0215. The maximum absolute atomic E-state index is 9.22. The number of primary amides is 1. The molecular formula is C4H8N2O. The smallest absolute Gasteiger partial charge is 0.214 e. The molecule has 0 radical (unpaired) electrons. The number of hydrogen-bond acceptors (Lipinski definition) is 2. The first kappa shape index (κ1) is 9.35. The van der Waals surface area contributed by atoms with Gasteiger partial charge in [-0.2, -0.15) is 5.26 Å². The van der Waals surface area contributed by atoms with Crippen LogP contribution >= 0.6 is 0 Å². The predicted molar refractivity (Wildman–Crippen MR) is 26.2 cm³/mol. The van der Waals surface area contributed by atoms with Gasteiger partial charge in [0.15, 0.2) is 0 Å². The summed E-state index contributed by atoms with van der Waals surface area (Å²) in [6, 6.07) is 1.75. The van der Waals surface area contributed by atoms with E-state index >= 15 is 0 Å². The van der Waals surface area contributed by atoms with Crippen LogP contribution in [-0.4, -0.2) is 5.91 Å². The van der Waals surface area contributed by atoms with Crippen LogP contribution in [0.4, 0.5) is 0 Å². The fraction of sp³-hybridized carbons (Fsp3) is 0.500. The van der Waals surface area contributed by atoms with Crippen LogP contribution in [0.1, 0.15) is 13.8 Å². The number of amides is 1. The lowest BCUT2D eigenvalue weighted by molar-refractivity contribution is -0.115. The van der Waals surface area contributed by atoms with Gasteiger partial charge in [-0.25, -0.2) is 0 Å². The molecule has 0 bridgehead atoms. The lowest BCUT2D eigenvalue weighted by Gasteiger charge is -1.60. The van der Waals surface area contributed by atoms with E-state index in [1.807, 2.05) is 0 Å². The van der Waals surface area contributed by atoms with Crippen LogP contribution in [0.5, 0.6) is 0 Å². The van der Waals surface area contributed by atoms with Gasteiger partial charge in [-0.15, -0.1) is 0 Å². The maximum atomic E-state index is 9.22. The molecule has 0 fully saturated rings. The highest BCUT2D eigenvalue weighted by Crippen LogP contribution is 1.33. The summed E-state index contributed by atoms with van der Waals surface area (Å²) in [6.07, 6.45) is 0. The molecule has 1 amide bonds. The minimum atomic E-state index is -0.333. The fourth-order valence-electron chi connectivity index (χ4n) is 0. The Morgan fingerprint density at radius 1 is 1.86 bits per heavy atom. The lowest BCUT2D eigenvalue weighted by atomic mass is 10.8. The Hall–Kier alpha value is -1.04. The molecule has 0 aliphatic rings. The molecule has 0 unspecified atom stereocenters. The van der Waals surface area contributed by atoms with Crippen LogP contribution < -0.4 is 5.73 Å². The highest BCUT2D eigenvalue weighted by atomic mass is 16.1. The van der Waals surface area contributed by atoms with Crippen molar-refractivity contribution >= 4 is 5.91 Å². The van der Waals surface area contributed by atoms with Crippen LogP contribution in [0.3, 0.4) is 0 Å². The fourth-order valence-corrected chi connectivity index (χ4v) is 0. The van der Waals surface area contributed by atoms with E-state index in [-0.39, 0.29) is 5.91 Å². The summed E-state index contributed by atoms with van der Waals surface area (Å²) < 4.78 is 0. The summed E-state index contributed by atoms with van der Waals surface area (Å²) in [4.78, 5) is 9.22. The van der Waals surface area contributed by atoms with E-state index in [2.05, 4.69) is 5.73 Å². The van der Waals surface area contributed by atoms with Crippen molar-refractivity contribution < 1.29 is 4.79 Å². The van der Waals surface area contributed by atoms with Gasteiger partial charge < -0.3 is 5.73 Å². The van der Waals surface area contributed by atoms with Crippen molar-refractivity contribution in [3.8, 4) is 6.07 Å². The number of nitrogens with two attached hydrogens (primary N) is 1. The van der Waals surface area contributed by atoms with E-state index < -0.39 is 0 Å². The van der Waals surface area contributed by atoms with E-state index in [0.29, 0.717) is 0 Å². The quantitative estimate of drug-likeness (QED) is 0.466. The third-order valence-corrected chi connectivity index (χ3v) is 0. The maximum Gasteiger partial charge on any atom is 0.214 e. The summed E-state index contributed by atoms with van der Waals surface area (Å²) in [5.74, 6) is -0.333. The summed E-state index contributed by atoms with van der Waals surface area (Å²) in [7, 11) is 0. The molecule has 0 aliphatic heterocycles. The Kier molecular flexibility index (Phi) is 11.9. The van der Waals surface area contributed by atoms with E-state index in [1.165, 1.54) is 13.8 Å². The van der Waals surface area contributed by atoms with Crippen molar-refractivity contribution in [1.29, 1.82) is 5.26 Å². The Morgan fingerprint density at radius 3 is 1.86 bits per heavy atom. The van der Waals surface area contributed by atoms with Gasteiger partial charge in [0, 0.05) is 13.8 Å². The second-order valence-electron chi connectivity index (χ2n) is 0.834. The van der Waals surface area contributed by atoms with Gasteiger partial charge >= 0.3 is 0 Å². The number of carbonyl (C=O) groups is 1. The van der Waals surface area contributed by atoms with Crippen molar-refractivity contribution in [3.63, 3.8) is 0 Å². The van der Waals surface area contributed by atoms with Gasteiger partial charge in [0.05, 0.1) is 6.07 Å². The van der Waals surface area contributed by atoms with E-state index in [4.69, 9.17) is 5.26 Å². The second-order valence-corrected chi connectivity index (χ2v) is 0.834. The molecule has 3 nitrogen and oxygen atoms in total. The van der Waals surface area contributed by atoms with E-state index in [9.17, 15) is 4.79 Å². The number of carbonyl (C=O) groups excluding carboxylic acids is 1. The Morgan fingerprint density at radius 2 is 1.86 bits per heavy atom. The molecule has 0 aromatic heterocycles. The minimum Gasteiger partial charge on any atom is -0.370 e. The van der Waals surface area contributed by atoms with E-state index in [0.717, 1.165) is 0 Å². The zero-order valence-corrected chi connectivity index (χ0v) is 4.43. The molecule has 40 valence electrons. The van der Waals surface area contributed by atoms with Gasteiger partial charge in [-0.05, 0) is 0 Å². The standard InChI is InChI=1S/C2H5NO.C2H3N/c1-2(3)4;1-2-3/h1H3,(H2,3,4);1H3. The van der Waals surface area contributed by atoms with Crippen LogP contribution in [0, 0.1) is 11.3 Å².